The topological polar surface area (TPSA) is 59.6 Å². The van der Waals surface area contributed by atoms with Gasteiger partial charge in [-0.2, -0.15) is 0 Å². The van der Waals surface area contributed by atoms with Crippen LogP contribution in [0.1, 0.15) is 12.0 Å². The molecule has 106 valence electrons. The first-order chi connectivity index (χ1) is 9.21. The second-order valence-electron chi connectivity index (χ2n) is 4.16. The Morgan fingerprint density at radius 1 is 1.26 bits per heavy atom. The summed E-state index contributed by atoms with van der Waals surface area (Å²) in [6.07, 6.45) is 1.69. The first-order valence-electron chi connectivity index (χ1n) is 6.33. The largest absolute Gasteiger partial charge is 0.497 e. The van der Waals surface area contributed by atoms with Crippen LogP contribution in [-0.4, -0.2) is 40.3 Å². The SMILES string of the molecule is CNCC(=O)NCCCc1cc(OC)ccc1OC. The van der Waals surface area contributed by atoms with Gasteiger partial charge in [-0.3, -0.25) is 4.79 Å². The van der Waals surface area contributed by atoms with Crippen molar-refractivity contribution in [1.82, 2.24) is 10.6 Å². The summed E-state index contributed by atoms with van der Waals surface area (Å²) in [5.41, 5.74) is 1.09. The molecular formula is C14H22N2O3. The van der Waals surface area contributed by atoms with Crippen LogP contribution in [0.3, 0.4) is 0 Å². The molecule has 0 saturated heterocycles. The number of hydrogen-bond acceptors (Lipinski definition) is 4. The average Bonchev–Trinajstić information content (AvgIpc) is 2.43. The summed E-state index contributed by atoms with van der Waals surface area (Å²) >= 11 is 0. The van der Waals surface area contributed by atoms with Crippen molar-refractivity contribution in [3.8, 4) is 11.5 Å². The van der Waals surface area contributed by atoms with Gasteiger partial charge in [0.2, 0.25) is 5.91 Å². The van der Waals surface area contributed by atoms with Crippen molar-refractivity contribution in [3.05, 3.63) is 23.8 Å². The van der Waals surface area contributed by atoms with Crippen LogP contribution < -0.4 is 20.1 Å². The quantitative estimate of drug-likeness (QED) is 0.688. The zero-order valence-corrected chi connectivity index (χ0v) is 11.8. The highest BCUT2D eigenvalue weighted by atomic mass is 16.5. The number of amides is 1. The summed E-state index contributed by atoms with van der Waals surface area (Å²) in [6, 6.07) is 5.74. The highest BCUT2D eigenvalue weighted by molar-refractivity contribution is 5.77. The van der Waals surface area contributed by atoms with Gasteiger partial charge in [0.25, 0.3) is 0 Å². The third kappa shape index (κ3) is 5.18. The van der Waals surface area contributed by atoms with Crippen molar-refractivity contribution < 1.29 is 14.3 Å². The Labute approximate surface area is 114 Å². The number of nitrogens with one attached hydrogen (secondary N) is 2. The Morgan fingerprint density at radius 2 is 2.05 bits per heavy atom. The molecule has 19 heavy (non-hydrogen) atoms. The standard InChI is InChI=1S/C14H22N2O3/c1-15-10-14(17)16-8-4-5-11-9-12(18-2)6-7-13(11)19-3/h6-7,9,15H,4-5,8,10H2,1-3H3,(H,16,17). The van der Waals surface area contributed by atoms with E-state index in [4.69, 9.17) is 9.47 Å². The molecule has 0 radical (unpaired) electrons. The summed E-state index contributed by atoms with van der Waals surface area (Å²) < 4.78 is 10.5. The lowest BCUT2D eigenvalue weighted by Gasteiger charge is -2.10. The number of hydrogen-bond donors (Lipinski definition) is 2. The zero-order chi connectivity index (χ0) is 14.1. The predicted octanol–water partition coefficient (Wildman–Crippen LogP) is 0.972. The lowest BCUT2D eigenvalue weighted by Crippen LogP contribution is -2.32. The van der Waals surface area contributed by atoms with Gasteiger partial charge in [0.05, 0.1) is 20.8 Å². The number of ether oxygens (including phenoxy) is 2. The maximum Gasteiger partial charge on any atom is 0.233 e. The van der Waals surface area contributed by atoms with Crippen molar-refractivity contribution in [2.75, 3.05) is 34.4 Å². The van der Waals surface area contributed by atoms with Gasteiger partial charge in [-0.1, -0.05) is 0 Å². The number of methoxy groups -OCH3 is 2. The molecule has 0 saturated carbocycles. The molecule has 1 aromatic carbocycles. The summed E-state index contributed by atoms with van der Waals surface area (Å²) in [7, 11) is 5.05. The molecule has 0 bridgehead atoms. The van der Waals surface area contributed by atoms with Crippen molar-refractivity contribution in [2.45, 2.75) is 12.8 Å². The van der Waals surface area contributed by atoms with Gasteiger partial charge >= 0.3 is 0 Å². The van der Waals surface area contributed by atoms with E-state index in [0.717, 1.165) is 29.9 Å². The van der Waals surface area contributed by atoms with Crippen LogP contribution in [0.25, 0.3) is 0 Å². The van der Waals surface area contributed by atoms with Crippen molar-refractivity contribution in [2.24, 2.45) is 0 Å². The van der Waals surface area contributed by atoms with Gasteiger partial charge < -0.3 is 20.1 Å². The molecule has 0 aliphatic heterocycles. The highest BCUT2D eigenvalue weighted by Gasteiger charge is 2.05. The van der Waals surface area contributed by atoms with Crippen molar-refractivity contribution in [3.63, 3.8) is 0 Å². The van der Waals surface area contributed by atoms with E-state index in [2.05, 4.69) is 10.6 Å². The average molecular weight is 266 g/mol. The molecule has 1 aromatic rings. The summed E-state index contributed by atoms with van der Waals surface area (Å²) in [4.78, 5) is 11.3. The second kappa shape index (κ2) is 8.37. The number of carbonyl (C=O) groups excluding carboxylic acids is 1. The van der Waals surface area contributed by atoms with E-state index in [0.29, 0.717) is 13.1 Å². The van der Waals surface area contributed by atoms with Gasteiger partial charge in [-0.05, 0) is 43.7 Å². The summed E-state index contributed by atoms with van der Waals surface area (Å²) in [5.74, 6) is 1.68. The van der Waals surface area contributed by atoms with Crippen LogP contribution in [0, 0.1) is 0 Å². The van der Waals surface area contributed by atoms with Crippen molar-refractivity contribution >= 4 is 5.91 Å². The fourth-order valence-electron chi connectivity index (χ4n) is 1.81. The Kier molecular flexibility index (Phi) is 6.74. The molecule has 0 unspecified atom stereocenters. The highest BCUT2D eigenvalue weighted by Crippen LogP contribution is 2.24. The van der Waals surface area contributed by atoms with Crippen LogP contribution in [0.15, 0.2) is 18.2 Å². The maximum absolute atomic E-state index is 11.3. The molecule has 0 fully saturated rings. The fraction of sp³-hybridized carbons (Fsp3) is 0.500. The van der Waals surface area contributed by atoms with Crippen LogP contribution >= 0.6 is 0 Å². The maximum atomic E-state index is 11.3. The first-order valence-corrected chi connectivity index (χ1v) is 6.33. The number of rotatable bonds is 8. The Balaban J connectivity index is 2.45. The van der Waals surface area contributed by atoms with E-state index in [9.17, 15) is 4.79 Å². The molecule has 5 heteroatoms. The molecular weight excluding hydrogens is 244 g/mol. The minimum absolute atomic E-state index is 0.0140. The van der Waals surface area contributed by atoms with Crippen LogP contribution in [-0.2, 0) is 11.2 Å². The summed E-state index contributed by atoms with van der Waals surface area (Å²) in [6.45, 7) is 1.00. The lowest BCUT2D eigenvalue weighted by atomic mass is 10.1. The van der Waals surface area contributed by atoms with E-state index in [-0.39, 0.29) is 5.91 Å². The van der Waals surface area contributed by atoms with Gasteiger partial charge in [-0.25, -0.2) is 0 Å². The fourth-order valence-corrected chi connectivity index (χ4v) is 1.81. The predicted molar refractivity (Wildman–Crippen MR) is 74.8 cm³/mol. The smallest absolute Gasteiger partial charge is 0.233 e. The summed E-state index contributed by atoms with van der Waals surface area (Å²) in [5, 5.41) is 5.66. The molecule has 0 aliphatic carbocycles. The third-order valence-corrected chi connectivity index (χ3v) is 2.77. The van der Waals surface area contributed by atoms with E-state index in [1.807, 2.05) is 18.2 Å². The molecule has 0 aliphatic rings. The molecule has 1 amide bonds. The number of likely N-dealkylation sites (N-methyl/N-ethyl adjacent to an activating group) is 1. The number of aryl methyl sites for hydroxylation is 1. The number of benzene rings is 1. The molecule has 5 nitrogen and oxygen atoms in total. The van der Waals surface area contributed by atoms with Gasteiger partial charge in [0, 0.05) is 6.54 Å². The van der Waals surface area contributed by atoms with Crippen molar-refractivity contribution in [1.29, 1.82) is 0 Å². The lowest BCUT2D eigenvalue weighted by molar-refractivity contribution is -0.120. The third-order valence-electron chi connectivity index (χ3n) is 2.77. The monoisotopic (exact) mass is 266 g/mol. The molecule has 1 rings (SSSR count). The minimum Gasteiger partial charge on any atom is -0.497 e. The Hall–Kier alpha value is -1.75. The molecule has 0 atom stereocenters. The Bertz CT molecular complexity index is 408. The molecule has 0 spiro atoms. The first kappa shape index (κ1) is 15.3. The van der Waals surface area contributed by atoms with E-state index >= 15 is 0 Å². The van der Waals surface area contributed by atoms with Crippen LogP contribution in [0.2, 0.25) is 0 Å². The Morgan fingerprint density at radius 3 is 2.68 bits per heavy atom. The zero-order valence-electron chi connectivity index (χ0n) is 11.8. The van der Waals surface area contributed by atoms with Crippen LogP contribution in [0.5, 0.6) is 11.5 Å². The normalized spacial score (nSPS) is 10.1. The van der Waals surface area contributed by atoms with Gasteiger partial charge in [0.1, 0.15) is 11.5 Å². The van der Waals surface area contributed by atoms with Gasteiger partial charge in [-0.15, -0.1) is 0 Å². The van der Waals surface area contributed by atoms with E-state index in [1.54, 1.807) is 21.3 Å². The van der Waals surface area contributed by atoms with E-state index in [1.165, 1.54) is 0 Å². The van der Waals surface area contributed by atoms with E-state index < -0.39 is 0 Å². The molecule has 2 N–H and O–H groups in total. The second-order valence-corrected chi connectivity index (χ2v) is 4.16. The van der Waals surface area contributed by atoms with Crippen LogP contribution in [0.4, 0.5) is 0 Å². The minimum atomic E-state index is 0.0140. The number of carbonyl (C=O) groups is 1. The molecule has 0 aromatic heterocycles. The molecule has 0 heterocycles. The van der Waals surface area contributed by atoms with Gasteiger partial charge in [0.15, 0.2) is 0 Å².